The molecule has 330 valence electrons. The van der Waals surface area contributed by atoms with E-state index < -0.39 is 32.5 Å². The molecule has 9 nitrogen and oxygen atoms in total. The van der Waals surface area contributed by atoms with Gasteiger partial charge in [-0.2, -0.15) is 0 Å². The molecule has 0 aliphatic carbocycles. The van der Waals surface area contributed by atoms with Gasteiger partial charge in [0.05, 0.1) is 27.7 Å². The number of likely N-dealkylation sites (N-methyl/N-ethyl adjacent to an activating group) is 1. The summed E-state index contributed by atoms with van der Waals surface area (Å²) < 4.78 is 34.3. The third-order valence-corrected chi connectivity index (χ3v) is 11.0. The van der Waals surface area contributed by atoms with Crippen molar-refractivity contribution in [3.05, 3.63) is 24.3 Å². The van der Waals surface area contributed by atoms with Crippen LogP contribution >= 0.6 is 7.82 Å². The smallest absolute Gasteiger partial charge is 0.462 e. The van der Waals surface area contributed by atoms with E-state index in [1.807, 2.05) is 21.1 Å². The Kier molecular flexibility index (Phi) is 37.9. The van der Waals surface area contributed by atoms with Gasteiger partial charge in [-0.05, 0) is 44.9 Å². The molecular formula is C46H89NO8P+. The zero-order chi connectivity index (χ0) is 41.4. The molecule has 56 heavy (non-hydrogen) atoms. The van der Waals surface area contributed by atoms with Crippen molar-refractivity contribution in [1.82, 2.24) is 0 Å². The molecule has 0 radical (unpaired) electrons. The zero-order valence-electron chi connectivity index (χ0n) is 37.1. The van der Waals surface area contributed by atoms with E-state index in [9.17, 15) is 19.0 Å². The van der Waals surface area contributed by atoms with Gasteiger partial charge in [-0.25, -0.2) is 4.57 Å². The fraction of sp³-hybridized carbons (Fsp3) is 0.870. The summed E-state index contributed by atoms with van der Waals surface area (Å²) in [6.45, 7) is 4.40. The minimum atomic E-state index is -4.38. The van der Waals surface area contributed by atoms with E-state index in [1.165, 1.54) is 128 Å². The van der Waals surface area contributed by atoms with Gasteiger partial charge in [-0.15, -0.1) is 0 Å². The number of quaternary nitrogens is 1. The van der Waals surface area contributed by atoms with Crippen molar-refractivity contribution in [2.75, 3.05) is 47.5 Å². The molecule has 0 spiro atoms. The Morgan fingerprint density at radius 2 is 0.964 bits per heavy atom. The van der Waals surface area contributed by atoms with Crippen LogP contribution in [-0.4, -0.2) is 74.9 Å². The molecule has 0 aromatic rings. The third kappa shape index (κ3) is 42.1. The highest BCUT2D eigenvalue weighted by molar-refractivity contribution is 7.47. The number of nitrogens with zero attached hydrogens (tertiary/aromatic N) is 1. The minimum Gasteiger partial charge on any atom is -0.462 e. The van der Waals surface area contributed by atoms with E-state index in [0.717, 1.165) is 38.5 Å². The highest BCUT2D eigenvalue weighted by Gasteiger charge is 2.27. The first kappa shape index (κ1) is 54.5. The fourth-order valence-electron chi connectivity index (χ4n) is 6.34. The lowest BCUT2D eigenvalue weighted by Crippen LogP contribution is -2.37. The van der Waals surface area contributed by atoms with E-state index in [4.69, 9.17) is 18.5 Å². The van der Waals surface area contributed by atoms with Crippen LogP contribution < -0.4 is 0 Å². The van der Waals surface area contributed by atoms with Gasteiger partial charge in [0, 0.05) is 12.8 Å². The number of hydrogen-bond donors (Lipinski definition) is 1. The predicted octanol–water partition coefficient (Wildman–Crippen LogP) is 13.1. The van der Waals surface area contributed by atoms with Gasteiger partial charge in [0.2, 0.25) is 0 Å². The number of rotatable bonds is 42. The lowest BCUT2D eigenvalue weighted by Gasteiger charge is -2.24. The molecule has 0 heterocycles. The molecule has 0 aliphatic heterocycles. The van der Waals surface area contributed by atoms with Crippen LogP contribution in [0.3, 0.4) is 0 Å². The number of phosphoric acid groups is 1. The molecule has 0 aliphatic rings. The number of esters is 2. The van der Waals surface area contributed by atoms with Gasteiger partial charge >= 0.3 is 19.8 Å². The van der Waals surface area contributed by atoms with Crippen LogP contribution in [0.4, 0.5) is 0 Å². The normalized spacial score (nSPS) is 13.8. The van der Waals surface area contributed by atoms with Crippen LogP contribution in [0.5, 0.6) is 0 Å². The van der Waals surface area contributed by atoms with Gasteiger partial charge in [0.1, 0.15) is 19.8 Å². The van der Waals surface area contributed by atoms with E-state index in [0.29, 0.717) is 23.9 Å². The van der Waals surface area contributed by atoms with Crippen molar-refractivity contribution in [2.24, 2.45) is 0 Å². The Morgan fingerprint density at radius 3 is 1.45 bits per heavy atom. The summed E-state index contributed by atoms with van der Waals surface area (Å²) in [5, 5.41) is 0. The van der Waals surface area contributed by atoms with Crippen LogP contribution in [0.15, 0.2) is 24.3 Å². The number of allylic oxidation sites excluding steroid dienone is 4. The van der Waals surface area contributed by atoms with Crippen molar-refractivity contribution in [1.29, 1.82) is 0 Å². The molecule has 0 amide bonds. The molecule has 0 fully saturated rings. The Hall–Kier alpha value is -1.51. The van der Waals surface area contributed by atoms with Crippen LogP contribution in [0, 0.1) is 0 Å². The summed E-state index contributed by atoms with van der Waals surface area (Å²) in [5.41, 5.74) is 0. The van der Waals surface area contributed by atoms with Crippen molar-refractivity contribution in [3.8, 4) is 0 Å². The molecule has 1 N–H and O–H groups in total. The third-order valence-electron chi connectivity index (χ3n) is 9.98. The lowest BCUT2D eigenvalue weighted by molar-refractivity contribution is -0.870. The highest BCUT2D eigenvalue weighted by atomic mass is 31.2. The maximum atomic E-state index is 12.7. The molecule has 0 bridgehead atoms. The molecule has 2 atom stereocenters. The average molecular weight is 815 g/mol. The van der Waals surface area contributed by atoms with Crippen LogP contribution in [0.25, 0.3) is 0 Å². The van der Waals surface area contributed by atoms with E-state index in [-0.39, 0.29) is 26.1 Å². The first-order valence-electron chi connectivity index (χ1n) is 23.1. The van der Waals surface area contributed by atoms with Crippen molar-refractivity contribution in [3.63, 3.8) is 0 Å². The molecule has 0 aromatic carbocycles. The summed E-state index contributed by atoms with van der Waals surface area (Å²) in [4.78, 5) is 35.4. The van der Waals surface area contributed by atoms with E-state index in [2.05, 4.69) is 38.2 Å². The maximum absolute atomic E-state index is 12.7. The summed E-state index contributed by atoms with van der Waals surface area (Å²) >= 11 is 0. The lowest BCUT2D eigenvalue weighted by atomic mass is 10.0. The predicted molar refractivity (Wildman–Crippen MR) is 234 cm³/mol. The summed E-state index contributed by atoms with van der Waals surface area (Å²) in [6.07, 6.45) is 42.2. The summed E-state index contributed by atoms with van der Waals surface area (Å²) in [7, 11) is 1.47. The maximum Gasteiger partial charge on any atom is 0.472 e. The summed E-state index contributed by atoms with van der Waals surface area (Å²) in [6, 6.07) is 0. The SMILES string of the molecule is CCCCCCCC/C=C/C/C=C/CCCCC(=O)OC[C@H](COP(=O)(O)OCC[N+](C)(C)C)OC(=O)CCCCCCCCCCCCCCCCCCC. The fourth-order valence-corrected chi connectivity index (χ4v) is 7.08. The molecular weight excluding hydrogens is 725 g/mol. The van der Waals surface area contributed by atoms with Crippen LogP contribution in [-0.2, 0) is 32.7 Å². The molecule has 1 unspecified atom stereocenters. The van der Waals surface area contributed by atoms with Gasteiger partial charge in [-0.3, -0.25) is 18.6 Å². The van der Waals surface area contributed by atoms with Gasteiger partial charge in [-0.1, -0.05) is 173 Å². The second-order valence-corrected chi connectivity index (χ2v) is 18.2. The van der Waals surface area contributed by atoms with Gasteiger partial charge in [0.25, 0.3) is 0 Å². The molecule has 0 aromatic heterocycles. The van der Waals surface area contributed by atoms with E-state index >= 15 is 0 Å². The zero-order valence-corrected chi connectivity index (χ0v) is 38.0. The minimum absolute atomic E-state index is 0.0289. The largest absolute Gasteiger partial charge is 0.472 e. The molecule has 10 heteroatoms. The number of hydrogen-bond acceptors (Lipinski definition) is 7. The second kappa shape index (κ2) is 39.0. The number of phosphoric ester groups is 1. The monoisotopic (exact) mass is 815 g/mol. The Morgan fingerprint density at radius 1 is 0.554 bits per heavy atom. The topological polar surface area (TPSA) is 108 Å². The Labute approximate surface area is 345 Å². The van der Waals surface area contributed by atoms with Crippen molar-refractivity contribution >= 4 is 19.8 Å². The van der Waals surface area contributed by atoms with Crippen molar-refractivity contribution < 1.29 is 42.1 Å². The number of carbonyl (C=O) groups is 2. The molecule has 0 saturated carbocycles. The summed E-state index contributed by atoms with van der Waals surface area (Å²) in [5.74, 6) is -0.828. The van der Waals surface area contributed by atoms with Crippen molar-refractivity contribution in [2.45, 2.75) is 213 Å². The first-order chi connectivity index (χ1) is 27.0. The molecule has 0 saturated heterocycles. The number of carbonyl (C=O) groups excluding carboxylic acids is 2. The Balaban J connectivity index is 4.35. The highest BCUT2D eigenvalue weighted by Crippen LogP contribution is 2.43. The first-order valence-corrected chi connectivity index (χ1v) is 24.6. The second-order valence-electron chi connectivity index (χ2n) is 16.8. The number of ether oxygens (including phenoxy) is 2. The standard InChI is InChI=1S/C46H88NO8P/c1-6-8-10-12-14-16-18-20-22-23-25-27-29-31-33-35-37-39-46(49)55-44(43-54-56(50,51)53-41-40-47(3,4)5)42-52-45(48)38-36-34-32-30-28-26-24-21-19-17-15-13-11-9-7-2/h21,24,28,30,44H,6-20,22-23,25-27,29,31-43H2,1-5H3/p+1/b24-21+,30-28+/t44-/m1/s1. The molecule has 0 rings (SSSR count). The van der Waals surface area contributed by atoms with E-state index in [1.54, 1.807) is 0 Å². The van der Waals surface area contributed by atoms with Gasteiger partial charge in [0.15, 0.2) is 6.10 Å². The number of unbranched alkanes of at least 4 members (excludes halogenated alkanes) is 24. The quantitative estimate of drug-likeness (QED) is 0.0213. The van der Waals surface area contributed by atoms with Crippen LogP contribution in [0.2, 0.25) is 0 Å². The Bertz CT molecular complexity index is 1010. The average Bonchev–Trinajstić information content (AvgIpc) is 3.15. The van der Waals surface area contributed by atoms with Gasteiger partial charge < -0.3 is 18.9 Å². The van der Waals surface area contributed by atoms with Crippen LogP contribution in [0.1, 0.15) is 206 Å².